The van der Waals surface area contributed by atoms with E-state index in [9.17, 15) is 18.0 Å². The van der Waals surface area contributed by atoms with Crippen molar-refractivity contribution in [3.8, 4) is 11.5 Å². The number of methoxy groups -OCH3 is 2. The predicted molar refractivity (Wildman–Crippen MR) is 172 cm³/mol. The highest BCUT2D eigenvalue weighted by Crippen LogP contribution is 2.37. The normalized spacial score (nSPS) is 13.2. The topological polar surface area (TPSA) is 122 Å². The molecule has 11 nitrogen and oxygen atoms in total. The Balaban J connectivity index is 1.27. The first-order chi connectivity index (χ1) is 22.0. The van der Waals surface area contributed by atoms with Crippen LogP contribution in [0.25, 0.3) is 0 Å². The molecule has 0 radical (unpaired) electrons. The van der Waals surface area contributed by atoms with Crippen LogP contribution < -0.4 is 35.6 Å². The van der Waals surface area contributed by atoms with Crippen molar-refractivity contribution in [2.45, 2.75) is 6.18 Å². The number of halogens is 5. The maximum Gasteiger partial charge on any atom is 0.417 e. The lowest BCUT2D eigenvalue weighted by atomic mass is 10.2. The number of anilines is 7. The zero-order chi connectivity index (χ0) is 32.8. The van der Waals surface area contributed by atoms with E-state index in [2.05, 4.69) is 36.1 Å². The molecule has 3 aromatic carbocycles. The maximum atomic E-state index is 13.2. The fraction of sp³-hybridized carbons (Fsp3) is 0.233. The minimum Gasteiger partial charge on any atom is -0.495 e. The first-order valence-corrected chi connectivity index (χ1v) is 14.5. The molecule has 0 saturated carbocycles. The molecule has 242 valence electrons. The molecule has 2 heterocycles. The van der Waals surface area contributed by atoms with Crippen LogP contribution in [0.1, 0.15) is 5.56 Å². The molecule has 16 heteroatoms. The van der Waals surface area contributed by atoms with Crippen molar-refractivity contribution >= 4 is 69.4 Å². The number of hydrogen-bond donors (Lipinski definition) is 4. The Morgan fingerprint density at radius 2 is 1.52 bits per heavy atom. The molecule has 1 aliphatic heterocycles. The third kappa shape index (κ3) is 7.94. The van der Waals surface area contributed by atoms with Crippen molar-refractivity contribution in [2.75, 3.05) is 66.7 Å². The molecule has 1 fully saturated rings. The van der Waals surface area contributed by atoms with Crippen molar-refractivity contribution in [2.24, 2.45) is 0 Å². The molecule has 0 unspecified atom stereocenters. The highest BCUT2D eigenvalue weighted by atomic mass is 35.5. The number of carbonyl (C=O) groups excluding carboxylic acids is 1. The Hall–Kier alpha value is -4.66. The lowest BCUT2D eigenvalue weighted by Gasteiger charge is -2.30. The van der Waals surface area contributed by atoms with Gasteiger partial charge < -0.3 is 40.4 Å². The highest BCUT2D eigenvalue weighted by molar-refractivity contribution is 6.33. The Morgan fingerprint density at radius 3 is 2.22 bits per heavy atom. The molecule has 4 aromatic rings. The van der Waals surface area contributed by atoms with E-state index in [-0.39, 0.29) is 16.7 Å². The molecule has 1 aliphatic rings. The van der Waals surface area contributed by atoms with Crippen LogP contribution in [0, 0.1) is 0 Å². The molecule has 1 saturated heterocycles. The van der Waals surface area contributed by atoms with Gasteiger partial charge in [0.15, 0.2) is 5.82 Å². The van der Waals surface area contributed by atoms with Crippen molar-refractivity contribution in [3.63, 3.8) is 0 Å². The summed E-state index contributed by atoms with van der Waals surface area (Å²) in [6.45, 7) is 2.82. The summed E-state index contributed by atoms with van der Waals surface area (Å²) >= 11 is 12.0. The van der Waals surface area contributed by atoms with E-state index in [1.807, 2.05) is 18.2 Å². The van der Waals surface area contributed by atoms with E-state index >= 15 is 0 Å². The Labute approximate surface area is 272 Å². The van der Waals surface area contributed by atoms with Crippen LogP contribution in [0.3, 0.4) is 0 Å². The minimum atomic E-state index is -4.67. The van der Waals surface area contributed by atoms with Gasteiger partial charge in [-0.15, -0.1) is 0 Å². The zero-order valence-electron chi connectivity index (χ0n) is 24.5. The van der Waals surface area contributed by atoms with E-state index in [1.165, 1.54) is 25.4 Å². The van der Waals surface area contributed by atoms with Gasteiger partial charge in [0.1, 0.15) is 16.5 Å². The summed E-state index contributed by atoms with van der Waals surface area (Å²) in [4.78, 5) is 23.5. The van der Waals surface area contributed by atoms with Gasteiger partial charge in [0.05, 0.1) is 55.6 Å². The molecule has 1 aromatic heterocycles. The Morgan fingerprint density at radius 1 is 0.870 bits per heavy atom. The Bertz CT molecular complexity index is 1720. The molecular formula is C30H28Cl2F3N7O4. The Kier molecular flexibility index (Phi) is 10.1. The fourth-order valence-electron chi connectivity index (χ4n) is 4.58. The fourth-order valence-corrected chi connectivity index (χ4v) is 4.94. The van der Waals surface area contributed by atoms with Crippen molar-refractivity contribution in [1.29, 1.82) is 0 Å². The lowest BCUT2D eigenvalue weighted by Crippen LogP contribution is -2.36. The molecule has 46 heavy (non-hydrogen) atoms. The second-order valence-corrected chi connectivity index (χ2v) is 10.6. The van der Waals surface area contributed by atoms with Gasteiger partial charge in [-0.1, -0.05) is 23.2 Å². The van der Waals surface area contributed by atoms with Gasteiger partial charge in [0, 0.05) is 42.3 Å². The molecule has 0 aliphatic carbocycles. The predicted octanol–water partition coefficient (Wildman–Crippen LogP) is 7.79. The summed E-state index contributed by atoms with van der Waals surface area (Å²) in [6, 6.07) is 12.7. The summed E-state index contributed by atoms with van der Waals surface area (Å²) in [5.74, 6) is 1.54. The summed E-state index contributed by atoms with van der Waals surface area (Å²) < 4.78 is 56.0. The molecular weight excluding hydrogens is 650 g/mol. The average molecular weight is 678 g/mol. The lowest BCUT2D eigenvalue weighted by molar-refractivity contribution is -0.137. The van der Waals surface area contributed by atoms with E-state index in [4.69, 9.17) is 37.4 Å². The second kappa shape index (κ2) is 14.2. The van der Waals surface area contributed by atoms with Gasteiger partial charge >= 0.3 is 12.2 Å². The number of hydrogen-bond acceptors (Lipinski definition) is 9. The van der Waals surface area contributed by atoms with Crippen LogP contribution in [-0.2, 0) is 10.9 Å². The van der Waals surface area contributed by atoms with Gasteiger partial charge in [0.25, 0.3) is 0 Å². The molecule has 0 bridgehead atoms. The van der Waals surface area contributed by atoms with Crippen molar-refractivity contribution in [3.05, 3.63) is 76.4 Å². The van der Waals surface area contributed by atoms with Crippen molar-refractivity contribution < 1.29 is 32.2 Å². The zero-order valence-corrected chi connectivity index (χ0v) is 26.0. The molecule has 0 atom stereocenters. The largest absolute Gasteiger partial charge is 0.495 e. The summed E-state index contributed by atoms with van der Waals surface area (Å²) in [6.07, 6.45) is -3.24. The van der Waals surface area contributed by atoms with Crippen LogP contribution in [0.5, 0.6) is 11.5 Å². The van der Waals surface area contributed by atoms with Gasteiger partial charge in [-0.25, -0.2) is 9.78 Å². The average Bonchev–Trinajstić information content (AvgIpc) is 3.04. The number of aromatic nitrogens is 2. The standard InChI is InChI=1S/C30H28Cl2F3N7O4/c1-44-25-14-19(39-29(43)38-17-3-6-21(31)20(13-17)30(33,34)35)4-7-23(25)40-28-36-16-22(32)27(41-28)37-18-5-8-24(26(15-18)45-2)42-9-11-46-12-10-42/h3-8,13-16H,9-12H2,1-2H3,(H2,38,39,43)(H2,36,37,40,41). The first-order valence-electron chi connectivity index (χ1n) is 13.7. The number of urea groups is 1. The van der Waals surface area contributed by atoms with Crippen LogP contribution in [0.4, 0.5) is 58.2 Å². The maximum absolute atomic E-state index is 13.2. The summed E-state index contributed by atoms with van der Waals surface area (Å²) in [5, 5.41) is 11.0. The number of carbonyl (C=O) groups is 1. The number of alkyl halides is 3. The highest BCUT2D eigenvalue weighted by Gasteiger charge is 2.33. The molecule has 2 amide bonds. The molecule has 0 spiro atoms. The van der Waals surface area contributed by atoms with Gasteiger partial charge in [0.2, 0.25) is 5.95 Å². The van der Waals surface area contributed by atoms with E-state index in [0.29, 0.717) is 47.6 Å². The number of morpholine rings is 1. The number of benzene rings is 3. The third-order valence-electron chi connectivity index (χ3n) is 6.77. The monoisotopic (exact) mass is 677 g/mol. The minimum absolute atomic E-state index is 0.0877. The number of ether oxygens (including phenoxy) is 3. The smallest absolute Gasteiger partial charge is 0.417 e. The number of amides is 2. The van der Waals surface area contributed by atoms with E-state index in [1.54, 1.807) is 19.2 Å². The van der Waals surface area contributed by atoms with Crippen LogP contribution in [0.15, 0.2) is 60.8 Å². The quantitative estimate of drug-likeness (QED) is 0.141. The van der Waals surface area contributed by atoms with Gasteiger partial charge in [-0.2, -0.15) is 18.2 Å². The van der Waals surface area contributed by atoms with E-state index < -0.39 is 22.8 Å². The van der Waals surface area contributed by atoms with Crippen LogP contribution in [-0.4, -0.2) is 56.5 Å². The number of nitrogens with one attached hydrogen (secondary N) is 4. The molecule has 4 N–H and O–H groups in total. The second-order valence-electron chi connectivity index (χ2n) is 9.81. The van der Waals surface area contributed by atoms with E-state index in [0.717, 1.165) is 30.9 Å². The van der Waals surface area contributed by atoms with Gasteiger partial charge in [-0.05, 0) is 42.5 Å². The van der Waals surface area contributed by atoms with Crippen LogP contribution >= 0.6 is 23.2 Å². The molecule has 5 rings (SSSR count). The summed E-state index contributed by atoms with van der Waals surface area (Å²) in [5.41, 5.74) is 1.27. The number of rotatable bonds is 9. The van der Waals surface area contributed by atoms with Crippen molar-refractivity contribution in [1.82, 2.24) is 9.97 Å². The van der Waals surface area contributed by atoms with Crippen LogP contribution in [0.2, 0.25) is 10.0 Å². The van der Waals surface area contributed by atoms with Gasteiger partial charge in [-0.3, -0.25) is 0 Å². The third-order valence-corrected chi connectivity index (χ3v) is 7.38. The SMILES string of the molecule is COc1cc(NC(=O)Nc2ccc(Cl)c(C(F)(F)F)c2)ccc1Nc1ncc(Cl)c(Nc2ccc(N3CCOCC3)c(OC)c2)n1. The summed E-state index contributed by atoms with van der Waals surface area (Å²) in [7, 11) is 3.04. The number of nitrogens with zero attached hydrogens (tertiary/aromatic N) is 3. The first kappa shape index (κ1) is 32.7.